The normalized spacial score (nSPS) is 12.0. The smallest absolute Gasteiger partial charge is 0.307 e. The van der Waals surface area contributed by atoms with Gasteiger partial charge in [0.15, 0.2) is 0 Å². The molecule has 0 saturated heterocycles. The predicted octanol–water partition coefficient (Wildman–Crippen LogP) is 0.964. The molecule has 56 valence electrons. The van der Waals surface area contributed by atoms with Crippen molar-refractivity contribution in [1.82, 2.24) is 0 Å². The zero-order valence-electron chi connectivity index (χ0n) is 5.70. The monoisotopic (exact) mass is 159 g/mol. The number of rotatable bonds is 4. The van der Waals surface area contributed by atoms with Crippen LogP contribution in [0.2, 0.25) is 0 Å². The number of hydrogen-bond donors (Lipinski definition) is 1. The van der Waals surface area contributed by atoms with Crippen LogP contribution in [-0.4, -0.2) is 22.6 Å². The number of hydrogen-bond acceptors (Lipinski definition) is 3. The van der Waals surface area contributed by atoms with E-state index in [2.05, 4.69) is 0 Å². The Morgan fingerprint density at radius 2 is 2.50 bits per heavy atom. The van der Waals surface area contributed by atoms with Gasteiger partial charge in [0, 0.05) is 5.75 Å². The minimum Gasteiger partial charge on any atom is -0.481 e. The number of nitriles is 1. The summed E-state index contributed by atoms with van der Waals surface area (Å²) in [5, 5.41) is 16.5. The SMILES string of the molecule is CC(CSCC#N)C(=O)O. The highest BCUT2D eigenvalue weighted by molar-refractivity contribution is 7.99. The number of carboxylic acid groups (broad SMARTS) is 1. The van der Waals surface area contributed by atoms with Gasteiger partial charge in [0.2, 0.25) is 0 Å². The number of thioether (sulfide) groups is 1. The van der Waals surface area contributed by atoms with Crippen LogP contribution in [0.25, 0.3) is 0 Å². The molecule has 0 fully saturated rings. The minimum atomic E-state index is -0.801. The zero-order valence-corrected chi connectivity index (χ0v) is 6.52. The molecular formula is C6H9NO2S. The average molecular weight is 159 g/mol. The summed E-state index contributed by atoms with van der Waals surface area (Å²) in [6, 6.07) is 1.93. The molecule has 0 aromatic heterocycles. The Morgan fingerprint density at radius 1 is 1.90 bits per heavy atom. The molecule has 0 aromatic carbocycles. The first-order valence-corrected chi connectivity index (χ1v) is 4.01. The van der Waals surface area contributed by atoms with Gasteiger partial charge < -0.3 is 5.11 Å². The van der Waals surface area contributed by atoms with Gasteiger partial charge in [-0.05, 0) is 0 Å². The first-order valence-electron chi connectivity index (χ1n) is 2.86. The van der Waals surface area contributed by atoms with Crippen molar-refractivity contribution in [2.45, 2.75) is 6.92 Å². The van der Waals surface area contributed by atoms with E-state index in [9.17, 15) is 4.79 Å². The van der Waals surface area contributed by atoms with Gasteiger partial charge >= 0.3 is 5.97 Å². The van der Waals surface area contributed by atoms with Gasteiger partial charge in [0.05, 0.1) is 17.7 Å². The first-order chi connectivity index (χ1) is 4.68. The quantitative estimate of drug-likeness (QED) is 0.621. The maximum absolute atomic E-state index is 10.2. The fourth-order valence-corrected chi connectivity index (χ4v) is 1.06. The molecule has 3 nitrogen and oxygen atoms in total. The maximum Gasteiger partial charge on any atom is 0.307 e. The Labute approximate surface area is 64.0 Å². The molecule has 1 unspecified atom stereocenters. The van der Waals surface area contributed by atoms with E-state index in [0.29, 0.717) is 11.5 Å². The molecule has 0 rings (SSSR count). The van der Waals surface area contributed by atoms with Crippen molar-refractivity contribution in [1.29, 1.82) is 5.26 Å². The van der Waals surface area contributed by atoms with E-state index >= 15 is 0 Å². The summed E-state index contributed by atoms with van der Waals surface area (Å²) in [7, 11) is 0. The van der Waals surface area contributed by atoms with Gasteiger partial charge in [0.25, 0.3) is 0 Å². The van der Waals surface area contributed by atoms with Crippen LogP contribution < -0.4 is 0 Å². The largest absolute Gasteiger partial charge is 0.481 e. The Balaban J connectivity index is 3.32. The van der Waals surface area contributed by atoms with Crippen molar-refractivity contribution >= 4 is 17.7 Å². The van der Waals surface area contributed by atoms with Crippen molar-refractivity contribution in [2.24, 2.45) is 5.92 Å². The molecule has 4 heteroatoms. The number of carboxylic acids is 1. The summed E-state index contributed by atoms with van der Waals surface area (Å²) in [4.78, 5) is 10.2. The summed E-state index contributed by atoms with van der Waals surface area (Å²) >= 11 is 1.35. The highest BCUT2D eigenvalue weighted by atomic mass is 32.2. The predicted molar refractivity (Wildman–Crippen MR) is 39.7 cm³/mol. The van der Waals surface area contributed by atoms with Crippen LogP contribution in [-0.2, 0) is 4.79 Å². The van der Waals surface area contributed by atoms with E-state index in [4.69, 9.17) is 10.4 Å². The number of aliphatic carboxylic acids is 1. The van der Waals surface area contributed by atoms with Crippen molar-refractivity contribution in [3.05, 3.63) is 0 Å². The van der Waals surface area contributed by atoms with E-state index in [0.717, 1.165) is 0 Å². The van der Waals surface area contributed by atoms with Crippen LogP contribution in [0.3, 0.4) is 0 Å². The van der Waals surface area contributed by atoms with Crippen LogP contribution in [0.4, 0.5) is 0 Å². The van der Waals surface area contributed by atoms with E-state index in [-0.39, 0.29) is 5.92 Å². The highest BCUT2D eigenvalue weighted by Crippen LogP contribution is 2.06. The molecule has 0 spiro atoms. The third kappa shape index (κ3) is 4.21. The van der Waals surface area contributed by atoms with E-state index in [1.54, 1.807) is 6.92 Å². The molecule has 1 N–H and O–H groups in total. The lowest BCUT2D eigenvalue weighted by molar-refractivity contribution is -0.140. The Hall–Kier alpha value is -0.690. The first kappa shape index (κ1) is 9.31. The van der Waals surface area contributed by atoms with Gasteiger partial charge in [0.1, 0.15) is 0 Å². The van der Waals surface area contributed by atoms with E-state index < -0.39 is 5.97 Å². The summed E-state index contributed by atoms with van der Waals surface area (Å²) in [5.41, 5.74) is 0. The Kier molecular flexibility index (Phi) is 4.77. The van der Waals surface area contributed by atoms with Gasteiger partial charge in [-0.1, -0.05) is 6.92 Å². The van der Waals surface area contributed by atoms with E-state index in [1.165, 1.54) is 11.8 Å². The highest BCUT2D eigenvalue weighted by Gasteiger charge is 2.09. The van der Waals surface area contributed by atoms with Crippen molar-refractivity contribution in [3.63, 3.8) is 0 Å². The molecule has 0 bridgehead atoms. The molecular weight excluding hydrogens is 150 g/mol. The van der Waals surface area contributed by atoms with Gasteiger partial charge in [-0.3, -0.25) is 4.79 Å². The van der Waals surface area contributed by atoms with Crippen LogP contribution in [0.15, 0.2) is 0 Å². The maximum atomic E-state index is 10.2. The molecule has 0 heterocycles. The third-order valence-electron chi connectivity index (χ3n) is 0.956. The lowest BCUT2D eigenvalue weighted by Gasteiger charge is -2.01. The molecule has 0 amide bonds. The Bertz CT molecular complexity index is 152. The van der Waals surface area contributed by atoms with E-state index in [1.807, 2.05) is 6.07 Å². The van der Waals surface area contributed by atoms with Crippen molar-refractivity contribution < 1.29 is 9.90 Å². The second-order valence-electron chi connectivity index (χ2n) is 1.91. The molecule has 0 aromatic rings. The molecule has 0 saturated carbocycles. The molecule has 1 atom stereocenters. The van der Waals surface area contributed by atoms with Gasteiger partial charge in [-0.15, -0.1) is 11.8 Å². The summed E-state index contributed by atoms with van der Waals surface area (Å²) in [6.07, 6.45) is 0. The molecule has 10 heavy (non-hydrogen) atoms. The van der Waals surface area contributed by atoms with Crippen LogP contribution in [0.1, 0.15) is 6.92 Å². The minimum absolute atomic E-state index is 0.349. The number of nitrogens with zero attached hydrogens (tertiary/aromatic N) is 1. The lowest BCUT2D eigenvalue weighted by atomic mass is 10.2. The van der Waals surface area contributed by atoms with Crippen molar-refractivity contribution in [3.8, 4) is 6.07 Å². The fourth-order valence-electron chi connectivity index (χ4n) is 0.353. The molecule has 0 aliphatic rings. The van der Waals surface area contributed by atoms with Crippen LogP contribution >= 0.6 is 11.8 Å². The molecule has 0 radical (unpaired) electrons. The average Bonchev–Trinajstić information content (AvgIpc) is 1.88. The fraction of sp³-hybridized carbons (Fsp3) is 0.667. The summed E-state index contributed by atoms with van der Waals surface area (Å²) in [5.74, 6) is -0.260. The summed E-state index contributed by atoms with van der Waals surface area (Å²) in [6.45, 7) is 1.63. The second-order valence-corrected chi connectivity index (χ2v) is 2.94. The Morgan fingerprint density at radius 3 is 2.90 bits per heavy atom. The topological polar surface area (TPSA) is 61.1 Å². The van der Waals surface area contributed by atoms with Crippen LogP contribution in [0.5, 0.6) is 0 Å². The van der Waals surface area contributed by atoms with Crippen molar-refractivity contribution in [2.75, 3.05) is 11.5 Å². The standard InChI is InChI=1S/C6H9NO2S/c1-5(6(8)9)4-10-3-2-7/h5H,3-4H2,1H3,(H,8,9). The molecule has 0 aliphatic carbocycles. The third-order valence-corrected chi connectivity index (χ3v) is 2.02. The lowest BCUT2D eigenvalue weighted by Crippen LogP contribution is -2.11. The summed E-state index contributed by atoms with van der Waals surface area (Å²) < 4.78 is 0. The second kappa shape index (κ2) is 5.12. The molecule has 0 aliphatic heterocycles. The van der Waals surface area contributed by atoms with Gasteiger partial charge in [-0.2, -0.15) is 5.26 Å². The zero-order chi connectivity index (χ0) is 7.98. The number of carbonyl (C=O) groups is 1. The van der Waals surface area contributed by atoms with Crippen LogP contribution in [0, 0.1) is 17.2 Å². The van der Waals surface area contributed by atoms with Gasteiger partial charge in [-0.25, -0.2) is 0 Å².